The molecule has 2 N–H and O–H groups in total. The fourth-order valence-electron chi connectivity index (χ4n) is 3.78. The van der Waals surface area contributed by atoms with Gasteiger partial charge in [0.05, 0.1) is 6.54 Å². The number of nitrogens with one attached hydrogen (secondary N) is 1. The summed E-state index contributed by atoms with van der Waals surface area (Å²) in [5.41, 5.74) is 4.37. The highest BCUT2D eigenvalue weighted by atomic mass is 32.1. The summed E-state index contributed by atoms with van der Waals surface area (Å²) in [4.78, 5) is 14.4. The number of amides is 1. The van der Waals surface area contributed by atoms with Gasteiger partial charge in [0.15, 0.2) is 8.32 Å². The fourth-order valence-corrected chi connectivity index (χ4v) is 5.03. The second kappa shape index (κ2) is 9.52. The number of hydrogen-bond acceptors (Lipinski definition) is 5. The molecule has 1 amide bonds. The highest BCUT2D eigenvalue weighted by molar-refractivity contribution is 7.67. The zero-order valence-corrected chi connectivity index (χ0v) is 21.2. The Labute approximate surface area is 186 Å². The van der Waals surface area contributed by atoms with Crippen molar-refractivity contribution in [3.63, 3.8) is 0 Å². The molecule has 0 heterocycles. The second-order valence-electron chi connectivity index (χ2n) is 10.3. The number of nitrogens with zero attached hydrogens (tertiary/aromatic N) is 1. The Morgan fingerprint density at radius 3 is 2.53 bits per heavy atom. The number of rotatable bonds is 9. The van der Waals surface area contributed by atoms with E-state index in [9.17, 15) is 9.00 Å². The molecule has 1 aromatic carbocycles. The summed E-state index contributed by atoms with van der Waals surface area (Å²) < 4.78 is 17.7. The third-order valence-corrected chi connectivity index (χ3v) is 11.6. The normalized spacial score (nSPS) is 17.2. The summed E-state index contributed by atoms with van der Waals surface area (Å²) in [5.74, 6) is -0.476. The largest absolute Gasteiger partial charge is 0.466 e. The van der Waals surface area contributed by atoms with Gasteiger partial charge in [0, 0.05) is 42.8 Å². The predicted molar refractivity (Wildman–Crippen MR) is 124 cm³/mol. The first-order valence-corrected chi connectivity index (χ1v) is 14.2. The molecule has 0 unspecified atom stereocenters. The predicted octanol–water partition coefficient (Wildman–Crippen LogP) is 4.32. The molecule has 0 saturated carbocycles. The van der Waals surface area contributed by atoms with Crippen LogP contribution in [-0.2, 0) is 26.7 Å². The van der Waals surface area contributed by atoms with Crippen LogP contribution in [0.25, 0.3) is 0 Å². The van der Waals surface area contributed by atoms with Gasteiger partial charge in [-0.1, -0.05) is 32.9 Å². The summed E-state index contributed by atoms with van der Waals surface area (Å²) in [7, 11) is -1.85. The molecule has 1 aliphatic carbocycles. The highest BCUT2D eigenvalue weighted by Crippen LogP contribution is 2.39. The van der Waals surface area contributed by atoms with E-state index < -0.39 is 19.0 Å². The first-order chi connectivity index (χ1) is 13.8. The van der Waals surface area contributed by atoms with Crippen molar-refractivity contribution in [1.82, 2.24) is 10.4 Å². The molecule has 1 aliphatic rings. The Morgan fingerprint density at radius 2 is 1.97 bits per heavy atom. The topological polar surface area (TPSA) is 78.9 Å². The summed E-state index contributed by atoms with van der Waals surface area (Å²) >= 11 is 0.629. The molecule has 1 atom stereocenters. The van der Waals surface area contributed by atoms with Crippen molar-refractivity contribution in [2.45, 2.75) is 76.4 Å². The second-order valence-corrected chi connectivity index (χ2v) is 16.4. The minimum atomic E-state index is -1.85. The molecule has 0 aliphatic heterocycles. The number of carbonyl (C=O) groups is 1. The van der Waals surface area contributed by atoms with Crippen molar-refractivity contribution >= 4 is 25.9 Å². The Kier molecular flexibility index (Phi) is 7.96. The third-order valence-electron chi connectivity index (χ3n) is 6.48. The molecule has 30 heavy (non-hydrogen) atoms. The number of hydrogen-bond donors (Lipinski definition) is 2. The highest BCUT2D eigenvalue weighted by Gasteiger charge is 2.41. The lowest BCUT2D eigenvalue weighted by Gasteiger charge is -2.37. The molecule has 1 aromatic rings. The third kappa shape index (κ3) is 5.73. The maximum Gasteiger partial charge on any atom is 0.466 e. The molecular formula is C22H37N2O4SSi+. The van der Waals surface area contributed by atoms with Gasteiger partial charge in [-0.05, 0) is 48.2 Å². The van der Waals surface area contributed by atoms with Gasteiger partial charge < -0.3 is 4.43 Å². The van der Waals surface area contributed by atoms with E-state index in [-0.39, 0.29) is 11.1 Å². The first-order valence-electron chi connectivity index (χ1n) is 10.6. The molecule has 0 aromatic heterocycles. The SMILES string of the molecule is CC(C)(CN(CCO[Si](C)(C)C(C)(C)C)[C@H]1CCc2c(C(=O)NO)cccc21)[S+]=O. The molecule has 0 radical (unpaired) electrons. The van der Waals surface area contributed by atoms with Crippen LogP contribution in [0.4, 0.5) is 0 Å². The van der Waals surface area contributed by atoms with Crippen LogP contribution in [0.15, 0.2) is 18.2 Å². The van der Waals surface area contributed by atoms with Crippen LogP contribution in [0.1, 0.15) is 68.6 Å². The summed E-state index contributed by atoms with van der Waals surface area (Å²) in [6.45, 7) is 17.1. The van der Waals surface area contributed by atoms with E-state index in [1.165, 1.54) is 0 Å². The number of carbonyl (C=O) groups excluding carboxylic acids is 1. The van der Waals surface area contributed by atoms with Crippen LogP contribution in [0, 0.1) is 0 Å². The molecule has 2 rings (SSSR count). The maximum atomic E-state index is 12.1. The quantitative estimate of drug-likeness (QED) is 0.252. The molecule has 0 saturated heterocycles. The van der Waals surface area contributed by atoms with Gasteiger partial charge in [0.25, 0.3) is 10.7 Å². The van der Waals surface area contributed by atoms with Gasteiger partial charge in [0.2, 0.25) is 0 Å². The molecule has 6 nitrogen and oxygen atoms in total. The molecule has 0 spiro atoms. The van der Waals surface area contributed by atoms with E-state index in [0.717, 1.165) is 30.5 Å². The molecule has 0 bridgehead atoms. The Hall–Kier alpha value is -1.19. The zero-order chi connectivity index (χ0) is 22.7. The van der Waals surface area contributed by atoms with Crippen LogP contribution in [0.3, 0.4) is 0 Å². The minimum absolute atomic E-state index is 0.126. The minimum Gasteiger partial charge on any atom is -0.416 e. The fraction of sp³-hybridized carbons (Fsp3) is 0.682. The Balaban J connectivity index is 2.26. The van der Waals surface area contributed by atoms with Crippen LogP contribution >= 0.6 is 0 Å². The standard InChI is InChI=1S/C22H36N2O4SSi/c1-21(2,3)30(6,7)28-14-13-24(15-22(4,5)29-27)19-12-11-16-17(19)9-8-10-18(16)20(25)23-26/h8-10,19H,11-15H2,1-7H3,(H-,23,25,26)/p+1/t19-/m0/s1. The van der Waals surface area contributed by atoms with Gasteiger partial charge >= 0.3 is 11.7 Å². The van der Waals surface area contributed by atoms with Gasteiger partial charge in [0.1, 0.15) is 0 Å². The molecule has 8 heteroatoms. The van der Waals surface area contributed by atoms with Crippen molar-refractivity contribution in [1.29, 1.82) is 0 Å². The van der Waals surface area contributed by atoms with Gasteiger partial charge in [-0.3, -0.25) is 14.9 Å². The molecule has 0 fully saturated rings. The number of hydroxylamine groups is 1. The maximum absolute atomic E-state index is 12.1. The summed E-state index contributed by atoms with van der Waals surface area (Å²) in [6.07, 6.45) is 1.65. The molecular weight excluding hydrogens is 416 g/mol. The van der Waals surface area contributed by atoms with Crippen LogP contribution in [0.2, 0.25) is 18.1 Å². The van der Waals surface area contributed by atoms with E-state index in [2.05, 4.69) is 44.8 Å². The van der Waals surface area contributed by atoms with Crippen molar-refractivity contribution in [3.8, 4) is 0 Å². The number of benzene rings is 1. The van der Waals surface area contributed by atoms with E-state index in [1.807, 2.05) is 19.9 Å². The summed E-state index contributed by atoms with van der Waals surface area (Å²) in [6, 6.07) is 5.79. The van der Waals surface area contributed by atoms with Gasteiger partial charge in [-0.25, -0.2) is 5.48 Å². The average Bonchev–Trinajstić information content (AvgIpc) is 3.09. The van der Waals surface area contributed by atoms with Crippen molar-refractivity contribution in [2.75, 3.05) is 19.7 Å². The van der Waals surface area contributed by atoms with Gasteiger partial charge in [-0.2, -0.15) is 0 Å². The Bertz CT molecular complexity index is 777. The van der Waals surface area contributed by atoms with E-state index in [4.69, 9.17) is 9.63 Å². The zero-order valence-electron chi connectivity index (χ0n) is 19.4. The van der Waals surface area contributed by atoms with Gasteiger partial charge in [-0.15, -0.1) is 0 Å². The van der Waals surface area contributed by atoms with Crippen molar-refractivity contribution in [2.24, 2.45) is 0 Å². The lowest BCUT2D eigenvalue weighted by Crippen LogP contribution is -2.45. The van der Waals surface area contributed by atoms with Crippen LogP contribution in [-0.4, -0.2) is 48.8 Å². The van der Waals surface area contributed by atoms with E-state index >= 15 is 0 Å². The van der Waals surface area contributed by atoms with Crippen LogP contribution in [0.5, 0.6) is 0 Å². The lowest BCUT2D eigenvalue weighted by atomic mass is 10.0. The monoisotopic (exact) mass is 453 g/mol. The molecule has 168 valence electrons. The van der Waals surface area contributed by atoms with Crippen molar-refractivity contribution in [3.05, 3.63) is 34.9 Å². The van der Waals surface area contributed by atoms with Crippen LogP contribution < -0.4 is 5.48 Å². The first kappa shape index (κ1) is 25.1. The summed E-state index contributed by atoms with van der Waals surface area (Å²) in [5, 5.41) is 9.22. The Morgan fingerprint density at radius 1 is 1.30 bits per heavy atom. The van der Waals surface area contributed by atoms with Crippen molar-refractivity contribution < 1.29 is 18.6 Å². The van der Waals surface area contributed by atoms with E-state index in [1.54, 1.807) is 11.5 Å². The lowest BCUT2D eigenvalue weighted by molar-refractivity contribution is 0.0705. The van der Waals surface area contributed by atoms with E-state index in [0.29, 0.717) is 30.4 Å². The number of fused-ring (bicyclic) bond motifs is 1. The average molecular weight is 454 g/mol. The smallest absolute Gasteiger partial charge is 0.416 e.